The quantitative estimate of drug-likeness (QED) is 0.691. The number of hydrogen-bond acceptors (Lipinski definition) is 4. The molecule has 1 unspecified atom stereocenters. The zero-order chi connectivity index (χ0) is 15.1. The summed E-state index contributed by atoms with van der Waals surface area (Å²) in [4.78, 5) is 20.4. The van der Waals surface area contributed by atoms with E-state index >= 15 is 0 Å². The molecule has 0 bridgehead atoms. The number of carbonyl (C=O) groups is 1. The number of nitrogens with zero attached hydrogens (tertiary/aromatic N) is 3. The zero-order valence-electron chi connectivity index (χ0n) is 12.7. The Morgan fingerprint density at radius 1 is 1.45 bits per heavy atom. The van der Waals surface area contributed by atoms with Crippen LogP contribution in [0, 0.1) is 0 Å². The maximum atomic E-state index is 12.0. The van der Waals surface area contributed by atoms with Gasteiger partial charge in [0.2, 0.25) is 5.91 Å². The Morgan fingerprint density at radius 3 is 2.60 bits per heavy atom. The Bertz CT molecular complexity index is 422. The van der Waals surface area contributed by atoms with Gasteiger partial charge >= 0.3 is 0 Å². The van der Waals surface area contributed by atoms with Crippen LogP contribution in [-0.2, 0) is 10.7 Å². The van der Waals surface area contributed by atoms with Crippen molar-refractivity contribution in [3.05, 3.63) is 16.1 Å². The molecule has 0 saturated carbocycles. The van der Waals surface area contributed by atoms with Gasteiger partial charge in [0.15, 0.2) is 0 Å². The molecule has 1 atom stereocenters. The third-order valence-corrected chi connectivity index (χ3v) is 4.44. The highest BCUT2D eigenvalue weighted by atomic mass is 35.5. The molecule has 20 heavy (non-hydrogen) atoms. The number of alkyl halides is 1. The van der Waals surface area contributed by atoms with Crippen molar-refractivity contribution in [2.24, 2.45) is 0 Å². The molecule has 0 spiro atoms. The second kappa shape index (κ2) is 8.60. The van der Waals surface area contributed by atoms with Gasteiger partial charge in [0, 0.05) is 19.5 Å². The highest BCUT2D eigenvalue weighted by Gasteiger charge is 2.23. The molecule has 1 amide bonds. The van der Waals surface area contributed by atoms with Crippen LogP contribution in [0.3, 0.4) is 0 Å². The average Bonchev–Trinajstić information content (AvgIpc) is 2.88. The van der Waals surface area contributed by atoms with E-state index in [1.807, 2.05) is 5.38 Å². The lowest BCUT2D eigenvalue weighted by Gasteiger charge is -2.29. The first-order valence-corrected chi connectivity index (χ1v) is 8.39. The minimum atomic E-state index is 0.131. The summed E-state index contributed by atoms with van der Waals surface area (Å²) in [6.07, 6.45) is 1.96. The minimum absolute atomic E-state index is 0.131. The lowest BCUT2D eigenvalue weighted by Crippen LogP contribution is -2.39. The molecule has 114 valence electrons. The van der Waals surface area contributed by atoms with Crippen molar-refractivity contribution in [1.82, 2.24) is 14.8 Å². The molecule has 0 aliphatic rings. The number of rotatable bonds is 8. The molecular formula is C14H24ClN3OS. The first kappa shape index (κ1) is 17.4. The fourth-order valence-corrected chi connectivity index (χ4v) is 3.34. The summed E-state index contributed by atoms with van der Waals surface area (Å²) in [5.74, 6) is 0.572. The fraction of sp³-hybridized carbons (Fsp3) is 0.714. The van der Waals surface area contributed by atoms with Crippen molar-refractivity contribution in [2.75, 3.05) is 27.2 Å². The Hall–Kier alpha value is -0.650. The number of aromatic nitrogens is 1. The number of thiazole rings is 1. The lowest BCUT2D eigenvalue weighted by molar-refractivity contribution is -0.130. The molecule has 0 N–H and O–H groups in total. The van der Waals surface area contributed by atoms with E-state index in [4.69, 9.17) is 11.6 Å². The van der Waals surface area contributed by atoms with Gasteiger partial charge in [0.05, 0.1) is 24.2 Å². The van der Waals surface area contributed by atoms with E-state index in [0.717, 1.165) is 30.1 Å². The van der Waals surface area contributed by atoms with Crippen LogP contribution in [0.2, 0.25) is 0 Å². The highest BCUT2D eigenvalue weighted by molar-refractivity contribution is 7.09. The fourth-order valence-electron chi connectivity index (χ4n) is 2.07. The Labute approximate surface area is 130 Å². The van der Waals surface area contributed by atoms with Gasteiger partial charge in [0.1, 0.15) is 5.01 Å². The molecule has 4 nitrogen and oxygen atoms in total. The molecule has 1 aromatic heterocycles. The second-order valence-corrected chi connectivity index (χ2v) is 6.15. The normalized spacial score (nSPS) is 12.7. The van der Waals surface area contributed by atoms with Gasteiger partial charge in [-0.25, -0.2) is 4.98 Å². The van der Waals surface area contributed by atoms with Crippen molar-refractivity contribution >= 4 is 28.8 Å². The van der Waals surface area contributed by atoms with Crippen LogP contribution in [0.5, 0.6) is 0 Å². The van der Waals surface area contributed by atoms with Gasteiger partial charge in [-0.15, -0.1) is 22.9 Å². The van der Waals surface area contributed by atoms with E-state index in [1.54, 1.807) is 30.3 Å². The SMILES string of the molecule is CCCN(CC(=O)N(C)C)C(CC)c1nc(CCl)cs1. The molecule has 6 heteroatoms. The maximum Gasteiger partial charge on any atom is 0.236 e. The molecule has 0 aromatic carbocycles. The average molecular weight is 318 g/mol. The summed E-state index contributed by atoms with van der Waals surface area (Å²) in [6, 6.07) is 0.195. The number of likely N-dealkylation sites (N-methyl/N-ethyl adjacent to an activating group) is 1. The number of hydrogen-bond donors (Lipinski definition) is 0. The predicted octanol–water partition coefficient (Wildman–Crippen LogP) is 3.13. The molecule has 0 fully saturated rings. The van der Waals surface area contributed by atoms with Crippen LogP contribution in [0.25, 0.3) is 0 Å². The van der Waals surface area contributed by atoms with E-state index in [9.17, 15) is 4.79 Å². The monoisotopic (exact) mass is 317 g/mol. The van der Waals surface area contributed by atoms with Crippen LogP contribution in [-0.4, -0.2) is 47.9 Å². The number of carbonyl (C=O) groups excluding carboxylic acids is 1. The van der Waals surface area contributed by atoms with Crippen LogP contribution >= 0.6 is 22.9 Å². The van der Waals surface area contributed by atoms with Crippen molar-refractivity contribution in [2.45, 2.75) is 38.6 Å². The summed E-state index contributed by atoms with van der Waals surface area (Å²) in [6.45, 7) is 5.60. The zero-order valence-corrected chi connectivity index (χ0v) is 14.3. The van der Waals surface area contributed by atoms with Crippen LogP contribution in [0.4, 0.5) is 0 Å². The molecule has 1 aromatic rings. The Balaban J connectivity index is 2.87. The standard InChI is InChI=1S/C14H24ClN3OS/c1-5-7-18(9-13(19)17(3)4)12(6-2)14-16-11(8-15)10-20-14/h10,12H,5-9H2,1-4H3. The minimum Gasteiger partial charge on any atom is -0.348 e. The third-order valence-electron chi connectivity index (χ3n) is 3.17. The van der Waals surface area contributed by atoms with Crippen molar-refractivity contribution < 1.29 is 4.79 Å². The molecule has 1 rings (SSSR count). The van der Waals surface area contributed by atoms with Gasteiger partial charge in [0.25, 0.3) is 0 Å². The maximum absolute atomic E-state index is 12.0. The van der Waals surface area contributed by atoms with E-state index in [2.05, 4.69) is 23.7 Å². The summed E-state index contributed by atoms with van der Waals surface area (Å²) in [5.41, 5.74) is 0.917. The van der Waals surface area contributed by atoms with E-state index < -0.39 is 0 Å². The van der Waals surface area contributed by atoms with E-state index in [0.29, 0.717) is 12.4 Å². The summed E-state index contributed by atoms with van der Waals surface area (Å²) >= 11 is 7.46. The predicted molar refractivity (Wildman–Crippen MR) is 85.3 cm³/mol. The summed E-state index contributed by atoms with van der Waals surface area (Å²) in [7, 11) is 3.59. The van der Waals surface area contributed by atoms with Crippen molar-refractivity contribution in [3.63, 3.8) is 0 Å². The van der Waals surface area contributed by atoms with Gasteiger partial charge in [-0.1, -0.05) is 13.8 Å². The van der Waals surface area contributed by atoms with Gasteiger partial charge in [-0.05, 0) is 19.4 Å². The first-order chi connectivity index (χ1) is 9.53. The van der Waals surface area contributed by atoms with Gasteiger partial charge in [-0.3, -0.25) is 9.69 Å². The second-order valence-electron chi connectivity index (χ2n) is 4.99. The number of halogens is 1. The van der Waals surface area contributed by atoms with Gasteiger partial charge in [-0.2, -0.15) is 0 Å². The van der Waals surface area contributed by atoms with Crippen molar-refractivity contribution in [1.29, 1.82) is 0 Å². The Kier molecular flexibility index (Phi) is 7.48. The molecule has 0 radical (unpaired) electrons. The summed E-state index contributed by atoms with van der Waals surface area (Å²) < 4.78 is 0. The topological polar surface area (TPSA) is 36.4 Å². The van der Waals surface area contributed by atoms with Crippen LogP contribution < -0.4 is 0 Å². The van der Waals surface area contributed by atoms with Crippen LogP contribution in [0.15, 0.2) is 5.38 Å². The molecule has 1 heterocycles. The van der Waals surface area contributed by atoms with Crippen LogP contribution in [0.1, 0.15) is 43.4 Å². The Morgan fingerprint density at radius 2 is 2.15 bits per heavy atom. The van der Waals surface area contributed by atoms with Gasteiger partial charge < -0.3 is 4.90 Å². The largest absolute Gasteiger partial charge is 0.348 e. The molecule has 0 saturated heterocycles. The highest BCUT2D eigenvalue weighted by Crippen LogP contribution is 2.27. The molecule has 0 aliphatic heterocycles. The number of amides is 1. The van der Waals surface area contributed by atoms with Crippen molar-refractivity contribution in [3.8, 4) is 0 Å². The first-order valence-electron chi connectivity index (χ1n) is 6.97. The lowest BCUT2D eigenvalue weighted by atomic mass is 10.2. The third kappa shape index (κ3) is 4.72. The smallest absolute Gasteiger partial charge is 0.236 e. The van der Waals surface area contributed by atoms with E-state index in [1.165, 1.54) is 0 Å². The van der Waals surface area contributed by atoms with E-state index in [-0.39, 0.29) is 11.9 Å². The molecular weight excluding hydrogens is 294 g/mol. The summed E-state index contributed by atoms with van der Waals surface area (Å²) in [5, 5.41) is 3.06. The molecule has 0 aliphatic carbocycles.